The van der Waals surface area contributed by atoms with Crippen LogP contribution < -0.4 is 5.32 Å². The second-order valence-electron chi connectivity index (χ2n) is 6.43. The van der Waals surface area contributed by atoms with Gasteiger partial charge in [0.2, 0.25) is 5.91 Å². The first-order chi connectivity index (χ1) is 10.4. The highest BCUT2D eigenvalue weighted by Gasteiger charge is 2.25. The number of amides is 1. The van der Waals surface area contributed by atoms with Crippen molar-refractivity contribution in [3.8, 4) is 0 Å². The minimum absolute atomic E-state index is 0.0339. The molecule has 1 atom stereocenters. The Morgan fingerprint density at radius 1 is 1.41 bits per heavy atom. The summed E-state index contributed by atoms with van der Waals surface area (Å²) >= 11 is 0. The SMILES string of the molecule is CCC(C)(C)NC(=O)CN1CCOC(c2ccc(F)cc2)C1. The van der Waals surface area contributed by atoms with Gasteiger partial charge in [0.25, 0.3) is 0 Å². The molecule has 22 heavy (non-hydrogen) atoms. The molecule has 4 nitrogen and oxygen atoms in total. The van der Waals surface area contributed by atoms with Gasteiger partial charge in [0, 0.05) is 18.6 Å². The fourth-order valence-corrected chi connectivity index (χ4v) is 2.43. The quantitative estimate of drug-likeness (QED) is 0.909. The van der Waals surface area contributed by atoms with Gasteiger partial charge in [-0.15, -0.1) is 0 Å². The van der Waals surface area contributed by atoms with Gasteiger partial charge >= 0.3 is 0 Å². The molecule has 2 rings (SSSR count). The molecule has 1 aliphatic rings. The van der Waals surface area contributed by atoms with Crippen LogP contribution in [0.1, 0.15) is 38.9 Å². The lowest BCUT2D eigenvalue weighted by atomic mass is 10.0. The van der Waals surface area contributed by atoms with Crippen LogP contribution in [0.15, 0.2) is 24.3 Å². The predicted octanol–water partition coefficient (Wildman–Crippen LogP) is 2.50. The van der Waals surface area contributed by atoms with Gasteiger partial charge in [-0.2, -0.15) is 0 Å². The molecule has 1 aromatic rings. The van der Waals surface area contributed by atoms with E-state index in [1.165, 1.54) is 12.1 Å². The van der Waals surface area contributed by atoms with Crippen molar-refractivity contribution >= 4 is 5.91 Å². The number of ether oxygens (including phenoxy) is 1. The van der Waals surface area contributed by atoms with Crippen molar-refractivity contribution in [3.63, 3.8) is 0 Å². The average molecular weight is 308 g/mol. The number of nitrogens with one attached hydrogen (secondary N) is 1. The highest BCUT2D eigenvalue weighted by atomic mass is 19.1. The van der Waals surface area contributed by atoms with E-state index in [9.17, 15) is 9.18 Å². The average Bonchev–Trinajstić information content (AvgIpc) is 2.47. The van der Waals surface area contributed by atoms with Crippen LogP contribution >= 0.6 is 0 Å². The number of halogens is 1. The minimum Gasteiger partial charge on any atom is -0.371 e. The molecule has 0 radical (unpaired) electrons. The first-order valence-electron chi connectivity index (χ1n) is 7.80. The molecule has 0 bridgehead atoms. The Balaban J connectivity index is 1.90. The molecule has 5 heteroatoms. The third-order valence-corrected chi connectivity index (χ3v) is 4.12. The summed E-state index contributed by atoms with van der Waals surface area (Å²) < 4.78 is 18.7. The van der Waals surface area contributed by atoms with E-state index in [4.69, 9.17) is 4.74 Å². The molecule has 1 unspecified atom stereocenters. The molecule has 1 fully saturated rings. The van der Waals surface area contributed by atoms with Crippen molar-refractivity contribution in [2.75, 3.05) is 26.2 Å². The summed E-state index contributed by atoms with van der Waals surface area (Å²) in [7, 11) is 0. The third-order valence-electron chi connectivity index (χ3n) is 4.12. The minimum atomic E-state index is -0.252. The van der Waals surface area contributed by atoms with E-state index in [0.717, 1.165) is 18.5 Å². The zero-order valence-corrected chi connectivity index (χ0v) is 13.6. The zero-order valence-electron chi connectivity index (χ0n) is 13.6. The van der Waals surface area contributed by atoms with Crippen molar-refractivity contribution in [1.29, 1.82) is 0 Å². The van der Waals surface area contributed by atoms with Crippen LogP contribution in [-0.4, -0.2) is 42.6 Å². The number of nitrogens with zero attached hydrogens (tertiary/aromatic N) is 1. The lowest BCUT2D eigenvalue weighted by molar-refractivity contribution is -0.126. The number of morpholine rings is 1. The molecule has 0 saturated carbocycles. The highest BCUT2D eigenvalue weighted by molar-refractivity contribution is 5.78. The summed E-state index contributed by atoms with van der Waals surface area (Å²) in [6, 6.07) is 6.36. The Morgan fingerprint density at radius 3 is 2.73 bits per heavy atom. The van der Waals surface area contributed by atoms with Crippen LogP contribution in [-0.2, 0) is 9.53 Å². The van der Waals surface area contributed by atoms with E-state index < -0.39 is 0 Å². The van der Waals surface area contributed by atoms with Crippen molar-refractivity contribution in [3.05, 3.63) is 35.6 Å². The number of benzene rings is 1. The van der Waals surface area contributed by atoms with Crippen molar-refractivity contribution in [2.24, 2.45) is 0 Å². The molecule has 122 valence electrons. The summed E-state index contributed by atoms with van der Waals surface area (Å²) in [4.78, 5) is 14.2. The maximum absolute atomic E-state index is 13.0. The number of carbonyl (C=O) groups is 1. The maximum atomic E-state index is 13.0. The number of rotatable bonds is 5. The molecule has 0 aromatic heterocycles. The second kappa shape index (κ2) is 7.20. The van der Waals surface area contributed by atoms with Crippen LogP contribution in [0.25, 0.3) is 0 Å². The normalized spacial score (nSPS) is 19.9. The van der Waals surface area contributed by atoms with Crippen LogP contribution in [0.2, 0.25) is 0 Å². The lowest BCUT2D eigenvalue weighted by Gasteiger charge is -2.33. The first kappa shape index (κ1) is 16.9. The Kier molecular flexibility index (Phi) is 5.53. The number of hydrogen-bond acceptors (Lipinski definition) is 3. The van der Waals surface area contributed by atoms with Gasteiger partial charge in [0.1, 0.15) is 5.82 Å². The maximum Gasteiger partial charge on any atom is 0.234 e. The summed E-state index contributed by atoms with van der Waals surface area (Å²) in [6.45, 7) is 8.41. The molecule has 0 aliphatic carbocycles. The van der Waals surface area contributed by atoms with Crippen LogP contribution in [0.5, 0.6) is 0 Å². The fraction of sp³-hybridized carbons (Fsp3) is 0.588. The zero-order chi connectivity index (χ0) is 16.2. The van der Waals surface area contributed by atoms with E-state index in [1.54, 1.807) is 12.1 Å². The largest absolute Gasteiger partial charge is 0.371 e. The van der Waals surface area contributed by atoms with E-state index in [1.807, 2.05) is 13.8 Å². The van der Waals surface area contributed by atoms with Crippen molar-refractivity contribution < 1.29 is 13.9 Å². The molecule has 1 amide bonds. The van der Waals surface area contributed by atoms with Crippen LogP contribution in [0.3, 0.4) is 0 Å². The van der Waals surface area contributed by atoms with Crippen molar-refractivity contribution in [1.82, 2.24) is 10.2 Å². The summed E-state index contributed by atoms with van der Waals surface area (Å²) in [5.74, 6) is -0.218. The smallest absolute Gasteiger partial charge is 0.234 e. The highest BCUT2D eigenvalue weighted by Crippen LogP contribution is 2.22. The van der Waals surface area contributed by atoms with Crippen LogP contribution in [0.4, 0.5) is 4.39 Å². The summed E-state index contributed by atoms with van der Waals surface area (Å²) in [5, 5.41) is 3.04. The van der Waals surface area contributed by atoms with Gasteiger partial charge in [0.05, 0.1) is 19.3 Å². The van der Waals surface area contributed by atoms with Crippen molar-refractivity contribution in [2.45, 2.75) is 38.8 Å². The molecule has 1 aliphatic heterocycles. The van der Waals surface area contributed by atoms with E-state index >= 15 is 0 Å². The predicted molar refractivity (Wildman–Crippen MR) is 84.0 cm³/mol. The van der Waals surface area contributed by atoms with Gasteiger partial charge in [-0.25, -0.2) is 4.39 Å². The molecular formula is C17H25FN2O2. The number of hydrogen-bond donors (Lipinski definition) is 1. The Labute approximate surface area is 131 Å². The molecular weight excluding hydrogens is 283 g/mol. The monoisotopic (exact) mass is 308 g/mol. The topological polar surface area (TPSA) is 41.6 Å². The van der Waals surface area contributed by atoms with E-state index in [0.29, 0.717) is 19.7 Å². The molecule has 1 N–H and O–H groups in total. The van der Waals surface area contributed by atoms with Crippen LogP contribution in [0, 0.1) is 5.82 Å². The first-order valence-corrected chi connectivity index (χ1v) is 7.80. The Hall–Kier alpha value is -1.46. The van der Waals surface area contributed by atoms with Gasteiger partial charge in [-0.3, -0.25) is 9.69 Å². The molecule has 1 heterocycles. The fourth-order valence-electron chi connectivity index (χ4n) is 2.43. The lowest BCUT2D eigenvalue weighted by Crippen LogP contribution is -2.49. The van der Waals surface area contributed by atoms with E-state index in [-0.39, 0.29) is 23.4 Å². The number of carbonyl (C=O) groups excluding carboxylic acids is 1. The third kappa shape index (κ3) is 4.78. The Bertz CT molecular complexity index is 502. The molecule has 0 spiro atoms. The van der Waals surface area contributed by atoms with E-state index in [2.05, 4.69) is 17.1 Å². The standard InChI is InChI=1S/C17H25FN2O2/c1-4-17(2,3)19-16(21)12-20-9-10-22-15(11-20)13-5-7-14(18)8-6-13/h5-8,15H,4,9-12H2,1-3H3,(H,19,21). The summed E-state index contributed by atoms with van der Waals surface area (Å²) in [5.41, 5.74) is 0.764. The second-order valence-corrected chi connectivity index (χ2v) is 6.43. The summed E-state index contributed by atoms with van der Waals surface area (Å²) in [6.07, 6.45) is 0.779. The molecule has 1 aromatic carbocycles. The molecule has 1 saturated heterocycles. The van der Waals surface area contributed by atoms with Gasteiger partial charge in [0.15, 0.2) is 0 Å². The van der Waals surface area contributed by atoms with Gasteiger partial charge in [-0.1, -0.05) is 19.1 Å². The van der Waals surface area contributed by atoms with Gasteiger partial charge in [-0.05, 0) is 38.0 Å². The Morgan fingerprint density at radius 2 is 2.09 bits per heavy atom. The van der Waals surface area contributed by atoms with Gasteiger partial charge < -0.3 is 10.1 Å².